The number of rotatable bonds is 2. The van der Waals surface area contributed by atoms with Gasteiger partial charge in [-0.1, -0.05) is 65.9 Å². The molecule has 0 amide bonds. The molecule has 0 radical (unpaired) electrons. The molecule has 22 heavy (non-hydrogen) atoms. The average molecular weight is 306 g/mol. The van der Waals surface area contributed by atoms with Crippen LogP contribution in [0.3, 0.4) is 0 Å². The largest absolute Gasteiger partial charge is 0.375 e. The first-order valence-corrected chi connectivity index (χ1v) is 8.61. The smallest absolute Gasteiger partial charge is 0.125 e. The van der Waals surface area contributed by atoms with Crippen LogP contribution in [0.4, 0.5) is 5.00 Å². The SMILES string of the molecule is c1ccc(-c2ccc(-c3nc4c(s3)NCCCC4)cc2)cc1. The molecule has 110 valence electrons. The van der Waals surface area contributed by atoms with Crippen molar-refractivity contribution < 1.29 is 0 Å². The average Bonchev–Trinajstić information content (AvgIpc) is 2.87. The number of aryl methyl sites for hydroxylation is 1. The molecular formula is C19H18N2S. The topological polar surface area (TPSA) is 24.9 Å². The quantitative estimate of drug-likeness (QED) is 0.701. The van der Waals surface area contributed by atoms with Crippen LogP contribution >= 0.6 is 11.3 Å². The number of thiazole rings is 1. The van der Waals surface area contributed by atoms with Crippen LogP contribution in [-0.2, 0) is 6.42 Å². The molecule has 4 rings (SSSR count). The van der Waals surface area contributed by atoms with Gasteiger partial charge in [0, 0.05) is 12.1 Å². The molecular weight excluding hydrogens is 288 g/mol. The van der Waals surface area contributed by atoms with Crippen LogP contribution in [0, 0.1) is 0 Å². The lowest BCUT2D eigenvalue weighted by molar-refractivity contribution is 0.775. The lowest BCUT2D eigenvalue weighted by Gasteiger charge is -2.02. The van der Waals surface area contributed by atoms with Gasteiger partial charge >= 0.3 is 0 Å². The summed E-state index contributed by atoms with van der Waals surface area (Å²) in [6.07, 6.45) is 3.57. The molecule has 2 heterocycles. The Balaban J connectivity index is 1.64. The number of hydrogen-bond donors (Lipinski definition) is 1. The van der Waals surface area contributed by atoms with Gasteiger partial charge in [-0.15, -0.1) is 0 Å². The van der Waals surface area contributed by atoms with Crippen LogP contribution in [-0.4, -0.2) is 11.5 Å². The van der Waals surface area contributed by atoms with E-state index in [0.29, 0.717) is 0 Å². The van der Waals surface area contributed by atoms with Crippen molar-refractivity contribution in [2.75, 3.05) is 11.9 Å². The van der Waals surface area contributed by atoms with Crippen molar-refractivity contribution in [1.82, 2.24) is 4.98 Å². The molecule has 3 heteroatoms. The molecule has 1 aromatic heterocycles. The van der Waals surface area contributed by atoms with E-state index in [-0.39, 0.29) is 0 Å². The number of hydrogen-bond acceptors (Lipinski definition) is 3. The van der Waals surface area contributed by atoms with Gasteiger partial charge in [0.2, 0.25) is 0 Å². The number of nitrogens with one attached hydrogen (secondary N) is 1. The summed E-state index contributed by atoms with van der Waals surface area (Å²) in [5, 5.41) is 5.90. The fourth-order valence-electron chi connectivity index (χ4n) is 2.84. The van der Waals surface area contributed by atoms with E-state index in [1.807, 2.05) is 6.07 Å². The summed E-state index contributed by atoms with van der Waals surface area (Å²) >= 11 is 1.78. The molecule has 0 saturated heterocycles. The van der Waals surface area contributed by atoms with Crippen molar-refractivity contribution >= 4 is 16.3 Å². The second-order valence-corrected chi connectivity index (χ2v) is 6.62. The molecule has 0 atom stereocenters. The van der Waals surface area contributed by atoms with Crippen molar-refractivity contribution in [3.63, 3.8) is 0 Å². The Hall–Kier alpha value is -2.13. The summed E-state index contributed by atoms with van der Waals surface area (Å²) < 4.78 is 0. The molecule has 2 aromatic carbocycles. The molecule has 0 spiro atoms. The first-order valence-electron chi connectivity index (χ1n) is 7.79. The minimum Gasteiger partial charge on any atom is -0.375 e. The summed E-state index contributed by atoms with van der Waals surface area (Å²) in [5.41, 5.74) is 4.95. The van der Waals surface area contributed by atoms with Gasteiger partial charge in [0.25, 0.3) is 0 Å². The number of aromatic nitrogens is 1. The zero-order valence-electron chi connectivity index (χ0n) is 12.4. The van der Waals surface area contributed by atoms with Gasteiger partial charge in [-0.25, -0.2) is 4.98 Å². The minimum atomic E-state index is 1.07. The molecule has 0 aliphatic carbocycles. The third-order valence-corrected chi connectivity index (χ3v) is 5.17. The van der Waals surface area contributed by atoms with Crippen molar-refractivity contribution in [2.24, 2.45) is 0 Å². The zero-order chi connectivity index (χ0) is 14.8. The lowest BCUT2D eigenvalue weighted by Crippen LogP contribution is -1.96. The Morgan fingerprint density at radius 3 is 2.36 bits per heavy atom. The second-order valence-electron chi connectivity index (χ2n) is 5.62. The summed E-state index contributed by atoms with van der Waals surface area (Å²) in [6.45, 7) is 1.07. The van der Waals surface area contributed by atoms with E-state index in [4.69, 9.17) is 4.98 Å². The Bertz CT molecular complexity index is 736. The van der Waals surface area contributed by atoms with Gasteiger partial charge in [-0.05, 0) is 30.4 Å². The molecule has 0 bridgehead atoms. The molecule has 0 saturated carbocycles. The monoisotopic (exact) mass is 306 g/mol. The predicted octanol–water partition coefficient (Wildman–Crippen LogP) is 5.23. The fraction of sp³-hybridized carbons (Fsp3) is 0.211. The van der Waals surface area contributed by atoms with E-state index in [9.17, 15) is 0 Å². The van der Waals surface area contributed by atoms with Gasteiger partial charge < -0.3 is 5.32 Å². The van der Waals surface area contributed by atoms with E-state index in [1.165, 1.54) is 40.2 Å². The van der Waals surface area contributed by atoms with E-state index in [2.05, 4.69) is 53.8 Å². The third-order valence-electron chi connectivity index (χ3n) is 4.06. The Kier molecular flexibility index (Phi) is 3.65. The third kappa shape index (κ3) is 2.64. The Morgan fingerprint density at radius 1 is 0.818 bits per heavy atom. The predicted molar refractivity (Wildman–Crippen MR) is 94.4 cm³/mol. The van der Waals surface area contributed by atoms with Gasteiger partial charge in [-0.2, -0.15) is 0 Å². The molecule has 0 unspecified atom stereocenters. The molecule has 3 aromatic rings. The molecule has 1 aliphatic rings. The highest BCUT2D eigenvalue weighted by Crippen LogP contribution is 2.35. The van der Waals surface area contributed by atoms with Crippen LogP contribution in [0.25, 0.3) is 21.7 Å². The highest BCUT2D eigenvalue weighted by atomic mass is 32.1. The highest BCUT2D eigenvalue weighted by molar-refractivity contribution is 7.19. The Labute approximate surface area is 134 Å². The number of benzene rings is 2. The van der Waals surface area contributed by atoms with E-state index >= 15 is 0 Å². The van der Waals surface area contributed by atoms with Crippen LogP contribution in [0.15, 0.2) is 54.6 Å². The van der Waals surface area contributed by atoms with Gasteiger partial charge in [-0.3, -0.25) is 0 Å². The van der Waals surface area contributed by atoms with Crippen LogP contribution in [0.1, 0.15) is 18.5 Å². The van der Waals surface area contributed by atoms with E-state index in [1.54, 1.807) is 11.3 Å². The Morgan fingerprint density at radius 2 is 1.55 bits per heavy atom. The lowest BCUT2D eigenvalue weighted by atomic mass is 10.0. The van der Waals surface area contributed by atoms with Crippen molar-refractivity contribution in [3.05, 3.63) is 60.3 Å². The molecule has 1 N–H and O–H groups in total. The summed E-state index contributed by atoms with van der Waals surface area (Å²) in [5.74, 6) is 0. The van der Waals surface area contributed by atoms with Crippen molar-refractivity contribution in [2.45, 2.75) is 19.3 Å². The minimum absolute atomic E-state index is 1.07. The summed E-state index contributed by atoms with van der Waals surface area (Å²) in [6, 6.07) is 19.2. The van der Waals surface area contributed by atoms with Crippen molar-refractivity contribution in [1.29, 1.82) is 0 Å². The maximum atomic E-state index is 4.84. The first kappa shape index (κ1) is 13.5. The maximum Gasteiger partial charge on any atom is 0.125 e. The highest BCUT2D eigenvalue weighted by Gasteiger charge is 2.14. The molecule has 1 aliphatic heterocycles. The summed E-state index contributed by atoms with van der Waals surface area (Å²) in [7, 11) is 0. The van der Waals surface area contributed by atoms with Gasteiger partial charge in [0.15, 0.2) is 0 Å². The molecule has 0 fully saturated rings. The standard InChI is InChI=1S/C19H18N2S/c1-2-6-14(7-3-1)15-9-11-16(12-10-15)18-21-17-8-4-5-13-20-19(17)22-18/h1-3,6-7,9-12,20H,4-5,8,13H2. The normalized spacial score (nSPS) is 14.0. The molecule has 2 nitrogen and oxygen atoms in total. The zero-order valence-corrected chi connectivity index (χ0v) is 13.2. The van der Waals surface area contributed by atoms with Crippen LogP contribution in [0.5, 0.6) is 0 Å². The number of fused-ring (bicyclic) bond motifs is 1. The van der Waals surface area contributed by atoms with Crippen LogP contribution in [0.2, 0.25) is 0 Å². The van der Waals surface area contributed by atoms with Crippen molar-refractivity contribution in [3.8, 4) is 21.7 Å². The summed E-state index contributed by atoms with van der Waals surface area (Å²) in [4.78, 5) is 4.84. The fourth-order valence-corrected chi connectivity index (χ4v) is 3.88. The van der Waals surface area contributed by atoms with E-state index < -0.39 is 0 Å². The second kappa shape index (κ2) is 5.93. The number of nitrogens with zero attached hydrogens (tertiary/aromatic N) is 1. The first-order chi connectivity index (χ1) is 10.9. The van der Waals surface area contributed by atoms with Gasteiger partial charge in [0.1, 0.15) is 10.0 Å². The maximum absolute atomic E-state index is 4.84. The number of anilines is 1. The van der Waals surface area contributed by atoms with E-state index in [0.717, 1.165) is 18.0 Å². The van der Waals surface area contributed by atoms with Gasteiger partial charge in [0.05, 0.1) is 5.69 Å². The van der Waals surface area contributed by atoms with Crippen LogP contribution < -0.4 is 5.32 Å².